The Morgan fingerprint density at radius 3 is 2.47 bits per heavy atom. The lowest BCUT2D eigenvalue weighted by molar-refractivity contribution is -0.134. The van der Waals surface area contributed by atoms with E-state index in [4.69, 9.17) is 0 Å². The Labute approximate surface area is 219 Å². The molecule has 1 aromatic carbocycles. The van der Waals surface area contributed by atoms with Crippen molar-refractivity contribution in [3.63, 3.8) is 0 Å². The fourth-order valence-corrected chi connectivity index (χ4v) is 6.41. The fraction of sp³-hybridized carbons (Fsp3) is 0.586. The summed E-state index contributed by atoms with van der Waals surface area (Å²) in [5.74, 6) is 0.0756. The predicted octanol–water partition coefficient (Wildman–Crippen LogP) is 5.65. The van der Waals surface area contributed by atoms with E-state index in [0.29, 0.717) is 32.6 Å². The Balaban J connectivity index is 1.32. The van der Waals surface area contributed by atoms with Crippen LogP contribution in [0.15, 0.2) is 35.7 Å². The smallest absolute Gasteiger partial charge is 0.236 e. The summed E-state index contributed by atoms with van der Waals surface area (Å²) in [6.45, 7) is 5.91. The Morgan fingerprint density at radius 2 is 1.69 bits per heavy atom. The number of carbonyl (C=O) groups is 2. The third-order valence-corrected chi connectivity index (χ3v) is 8.51. The molecule has 1 saturated heterocycles. The molecule has 0 spiro atoms. The Hall–Kier alpha value is -2.25. The van der Waals surface area contributed by atoms with Crippen molar-refractivity contribution >= 4 is 23.2 Å². The first-order valence-electron chi connectivity index (χ1n) is 13.7. The summed E-state index contributed by atoms with van der Waals surface area (Å²) in [7, 11) is 0. The number of hydrogen-bond acceptors (Lipinski definition) is 4. The van der Waals surface area contributed by atoms with E-state index in [-0.39, 0.29) is 23.7 Å². The number of amides is 2. The van der Waals surface area contributed by atoms with Gasteiger partial charge in [0.25, 0.3) is 0 Å². The van der Waals surface area contributed by atoms with Gasteiger partial charge in [0.1, 0.15) is 5.82 Å². The quantitative estimate of drug-likeness (QED) is 0.386. The highest BCUT2D eigenvalue weighted by molar-refractivity contribution is 7.10. The first kappa shape index (κ1) is 26.8. The molecule has 0 N–H and O–H groups in total. The molecule has 2 aliphatic rings. The molecule has 0 bridgehead atoms. The number of rotatable bonds is 10. The maximum atomic E-state index is 14.1. The van der Waals surface area contributed by atoms with Gasteiger partial charge in [-0.3, -0.25) is 14.5 Å². The van der Waals surface area contributed by atoms with E-state index >= 15 is 0 Å². The molecule has 1 atom stereocenters. The molecule has 7 heteroatoms. The van der Waals surface area contributed by atoms with E-state index in [0.717, 1.165) is 44.3 Å². The van der Waals surface area contributed by atoms with Gasteiger partial charge in [-0.1, -0.05) is 51.2 Å². The van der Waals surface area contributed by atoms with Gasteiger partial charge in [-0.15, -0.1) is 11.3 Å². The summed E-state index contributed by atoms with van der Waals surface area (Å²) >= 11 is 1.74. The minimum atomic E-state index is -0.251. The number of carbonyl (C=O) groups excluding carboxylic acids is 2. The van der Waals surface area contributed by atoms with Crippen LogP contribution in [0.3, 0.4) is 0 Å². The van der Waals surface area contributed by atoms with Crippen molar-refractivity contribution in [1.29, 1.82) is 0 Å². The highest BCUT2D eigenvalue weighted by Crippen LogP contribution is 2.37. The molecule has 5 nitrogen and oxygen atoms in total. The molecule has 0 saturated carbocycles. The zero-order valence-electron chi connectivity index (χ0n) is 21.6. The van der Waals surface area contributed by atoms with Crippen molar-refractivity contribution in [2.75, 3.05) is 39.3 Å². The molecule has 36 heavy (non-hydrogen) atoms. The summed E-state index contributed by atoms with van der Waals surface area (Å²) in [6.07, 6.45) is 9.41. The third-order valence-electron chi connectivity index (χ3n) is 7.51. The van der Waals surface area contributed by atoms with E-state index in [1.54, 1.807) is 23.5 Å². The number of thiophene rings is 1. The lowest BCUT2D eigenvalue weighted by atomic mass is 9.93. The number of fused-ring (bicyclic) bond motifs is 1. The molecule has 1 aromatic heterocycles. The summed E-state index contributed by atoms with van der Waals surface area (Å²) < 4.78 is 14.1. The van der Waals surface area contributed by atoms with Crippen LogP contribution in [-0.2, 0) is 16.0 Å². The molecule has 196 valence electrons. The summed E-state index contributed by atoms with van der Waals surface area (Å²) in [6, 6.07) is 8.77. The minimum absolute atomic E-state index is 0.0975. The second-order valence-electron chi connectivity index (χ2n) is 10.1. The van der Waals surface area contributed by atoms with Gasteiger partial charge in [0.2, 0.25) is 11.8 Å². The molecule has 1 fully saturated rings. The lowest BCUT2D eigenvalue weighted by Gasteiger charge is -2.37. The van der Waals surface area contributed by atoms with E-state index < -0.39 is 0 Å². The van der Waals surface area contributed by atoms with Gasteiger partial charge in [-0.2, -0.15) is 0 Å². The molecule has 2 aliphatic heterocycles. The van der Waals surface area contributed by atoms with Crippen molar-refractivity contribution in [3.05, 3.63) is 57.5 Å². The van der Waals surface area contributed by atoms with Gasteiger partial charge in [-0.25, -0.2) is 4.39 Å². The summed E-state index contributed by atoms with van der Waals surface area (Å²) in [4.78, 5) is 33.5. The van der Waals surface area contributed by atoms with Crippen LogP contribution in [0.25, 0.3) is 0 Å². The average Bonchev–Trinajstić information content (AvgIpc) is 3.21. The molecule has 4 rings (SSSR count). The Morgan fingerprint density at radius 1 is 0.944 bits per heavy atom. The largest absolute Gasteiger partial charge is 0.341 e. The maximum absolute atomic E-state index is 14.1. The number of benzene rings is 1. The predicted molar refractivity (Wildman–Crippen MR) is 144 cm³/mol. The normalized spacial score (nSPS) is 18.7. The van der Waals surface area contributed by atoms with Gasteiger partial charge in [-0.05, 0) is 54.0 Å². The highest BCUT2D eigenvalue weighted by Gasteiger charge is 2.32. The van der Waals surface area contributed by atoms with E-state index in [1.807, 2.05) is 15.9 Å². The van der Waals surface area contributed by atoms with Crippen LogP contribution in [0.2, 0.25) is 0 Å². The molecule has 2 amide bonds. The van der Waals surface area contributed by atoms with Crippen LogP contribution in [0, 0.1) is 5.82 Å². The topological polar surface area (TPSA) is 43.9 Å². The van der Waals surface area contributed by atoms with Crippen molar-refractivity contribution in [2.45, 2.75) is 70.8 Å². The van der Waals surface area contributed by atoms with Gasteiger partial charge in [0.05, 0.1) is 12.6 Å². The van der Waals surface area contributed by atoms with E-state index in [2.05, 4.69) is 23.3 Å². The third kappa shape index (κ3) is 6.94. The second-order valence-corrected chi connectivity index (χ2v) is 11.1. The summed E-state index contributed by atoms with van der Waals surface area (Å²) in [5.41, 5.74) is 2.08. The van der Waals surface area contributed by atoms with Crippen LogP contribution in [0.5, 0.6) is 0 Å². The van der Waals surface area contributed by atoms with Gasteiger partial charge >= 0.3 is 0 Å². The van der Waals surface area contributed by atoms with Crippen LogP contribution in [0.4, 0.5) is 4.39 Å². The van der Waals surface area contributed by atoms with Crippen LogP contribution in [0.1, 0.15) is 80.3 Å². The van der Waals surface area contributed by atoms with Gasteiger partial charge < -0.3 is 9.80 Å². The number of hydrogen-bond donors (Lipinski definition) is 0. The molecular weight excluding hydrogens is 473 g/mol. The van der Waals surface area contributed by atoms with Gasteiger partial charge in [0.15, 0.2) is 0 Å². The average molecular weight is 514 g/mol. The Kier molecular flexibility index (Phi) is 9.93. The standard InChI is InChI=1S/C29H40FN3O2S/c1-2-3-4-5-6-7-12-27(34)31-15-9-16-32(19-18-31)28(35)22-33-17-13-26-25(14-20-36-26)29(33)23-10-8-11-24(30)21-23/h8,10-11,14,20-21,29H,2-7,9,12-13,15-19,22H2,1H3/t29-/m0/s1. The molecule has 0 unspecified atom stereocenters. The molecule has 0 radical (unpaired) electrons. The number of unbranched alkanes of at least 4 members (excludes halogenated alkanes) is 5. The number of halogens is 1. The van der Waals surface area contributed by atoms with Crippen molar-refractivity contribution in [3.8, 4) is 0 Å². The lowest BCUT2D eigenvalue weighted by Crippen LogP contribution is -2.45. The number of nitrogens with zero attached hydrogens (tertiary/aromatic N) is 3. The monoisotopic (exact) mass is 513 g/mol. The van der Waals surface area contributed by atoms with E-state index in [1.165, 1.54) is 42.2 Å². The SMILES string of the molecule is CCCCCCCCC(=O)N1CCCN(C(=O)CN2CCc3sccc3[C@@H]2c2cccc(F)c2)CC1. The molecule has 0 aliphatic carbocycles. The van der Waals surface area contributed by atoms with Crippen molar-refractivity contribution in [2.24, 2.45) is 0 Å². The second kappa shape index (κ2) is 13.3. The molecule has 3 heterocycles. The minimum Gasteiger partial charge on any atom is -0.341 e. The van der Waals surface area contributed by atoms with Gasteiger partial charge in [0, 0.05) is 44.0 Å². The van der Waals surface area contributed by atoms with Crippen LogP contribution < -0.4 is 0 Å². The summed E-state index contributed by atoms with van der Waals surface area (Å²) in [5, 5.41) is 2.09. The fourth-order valence-electron chi connectivity index (χ4n) is 5.51. The first-order chi connectivity index (χ1) is 17.6. The molecule has 2 aromatic rings. The van der Waals surface area contributed by atoms with E-state index in [9.17, 15) is 14.0 Å². The maximum Gasteiger partial charge on any atom is 0.236 e. The van der Waals surface area contributed by atoms with Crippen LogP contribution >= 0.6 is 11.3 Å². The van der Waals surface area contributed by atoms with Crippen LogP contribution in [-0.4, -0.2) is 65.8 Å². The Bertz CT molecular complexity index is 1010. The zero-order chi connectivity index (χ0) is 25.3. The van der Waals surface area contributed by atoms with Crippen molar-refractivity contribution in [1.82, 2.24) is 14.7 Å². The zero-order valence-corrected chi connectivity index (χ0v) is 22.4. The molecular formula is C29H40FN3O2S. The highest BCUT2D eigenvalue weighted by atomic mass is 32.1. The first-order valence-corrected chi connectivity index (χ1v) is 14.6. The van der Waals surface area contributed by atoms with Crippen molar-refractivity contribution < 1.29 is 14.0 Å².